The molecule has 0 spiro atoms. The van der Waals surface area contributed by atoms with Gasteiger partial charge in [-0.05, 0) is 61.7 Å². The molecule has 2 aromatic rings. The fraction of sp³-hybridized carbons (Fsp3) is 0.353. The summed E-state index contributed by atoms with van der Waals surface area (Å²) in [6.45, 7) is 7.31. The fourth-order valence-corrected chi connectivity index (χ4v) is 2.60. The summed E-state index contributed by atoms with van der Waals surface area (Å²) in [7, 11) is 0. The van der Waals surface area contributed by atoms with Gasteiger partial charge in [-0.2, -0.15) is 0 Å². The van der Waals surface area contributed by atoms with Crippen molar-refractivity contribution in [3.8, 4) is 11.1 Å². The molecule has 0 amide bonds. The van der Waals surface area contributed by atoms with Crippen molar-refractivity contribution in [2.45, 2.75) is 33.2 Å². The highest BCUT2D eigenvalue weighted by Crippen LogP contribution is 2.29. The van der Waals surface area contributed by atoms with E-state index in [1.54, 1.807) is 0 Å². The molecule has 0 aliphatic carbocycles. The van der Waals surface area contributed by atoms with Crippen molar-refractivity contribution < 1.29 is 0 Å². The van der Waals surface area contributed by atoms with E-state index in [2.05, 4.69) is 42.3 Å². The largest absolute Gasteiger partial charge is 0.310 e. The third-order valence-corrected chi connectivity index (χ3v) is 3.72. The Balaban J connectivity index is 2.25. The number of halogens is 1. The van der Waals surface area contributed by atoms with Crippen LogP contribution in [0.15, 0.2) is 36.5 Å². The fourth-order valence-electron chi connectivity index (χ4n) is 2.25. The summed E-state index contributed by atoms with van der Waals surface area (Å²) in [6, 6.07) is 10.6. The molecule has 3 heteroatoms. The topological polar surface area (TPSA) is 24.9 Å². The number of aryl methyl sites for hydroxylation is 1. The molecule has 0 aliphatic heterocycles. The van der Waals surface area contributed by atoms with E-state index in [1.807, 2.05) is 25.3 Å². The van der Waals surface area contributed by atoms with Crippen molar-refractivity contribution >= 4 is 11.6 Å². The van der Waals surface area contributed by atoms with Gasteiger partial charge < -0.3 is 5.32 Å². The van der Waals surface area contributed by atoms with E-state index in [1.165, 1.54) is 0 Å². The molecule has 2 rings (SSSR count). The van der Waals surface area contributed by atoms with Crippen LogP contribution in [-0.4, -0.2) is 11.5 Å². The van der Waals surface area contributed by atoms with Crippen molar-refractivity contribution in [3.05, 3.63) is 52.8 Å². The molecule has 1 aromatic carbocycles. The van der Waals surface area contributed by atoms with Gasteiger partial charge in [0.25, 0.3) is 0 Å². The zero-order chi connectivity index (χ0) is 14.5. The van der Waals surface area contributed by atoms with Crippen LogP contribution in [0.2, 0.25) is 5.02 Å². The van der Waals surface area contributed by atoms with Gasteiger partial charge in [0.2, 0.25) is 0 Å². The monoisotopic (exact) mass is 288 g/mol. The second kappa shape index (κ2) is 6.87. The molecular formula is C17H21ClN2. The SMILES string of the molecule is CCCNC(C)c1ccc(-c2ccnc(C)c2)cc1Cl. The molecule has 106 valence electrons. The number of benzene rings is 1. The molecule has 1 N–H and O–H groups in total. The number of hydrogen-bond acceptors (Lipinski definition) is 2. The first-order valence-corrected chi connectivity index (χ1v) is 7.45. The summed E-state index contributed by atoms with van der Waals surface area (Å²) in [5, 5.41) is 4.28. The van der Waals surface area contributed by atoms with Crippen molar-refractivity contribution in [1.82, 2.24) is 10.3 Å². The van der Waals surface area contributed by atoms with E-state index in [-0.39, 0.29) is 6.04 Å². The van der Waals surface area contributed by atoms with Crippen LogP contribution in [0, 0.1) is 6.92 Å². The van der Waals surface area contributed by atoms with E-state index < -0.39 is 0 Å². The van der Waals surface area contributed by atoms with Gasteiger partial charge >= 0.3 is 0 Å². The lowest BCUT2D eigenvalue weighted by molar-refractivity contribution is 0.571. The van der Waals surface area contributed by atoms with Gasteiger partial charge in [0.05, 0.1) is 0 Å². The molecule has 20 heavy (non-hydrogen) atoms. The van der Waals surface area contributed by atoms with E-state index in [0.29, 0.717) is 0 Å². The Morgan fingerprint density at radius 3 is 2.60 bits per heavy atom. The Morgan fingerprint density at radius 1 is 1.20 bits per heavy atom. The summed E-state index contributed by atoms with van der Waals surface area (Å²) in [5.41, 5.74) is 4.45. The Morgan fingerprint density at radius 2 is 1.95 bits per heavy atom. The van der Waals surface area contributed by atoms with E-state index in [4.69, 9.17) is 11.6 Å². The van der Waals surface area contributed by atoms with E-state index in [9.17, 15) is 0 Å². The van der Waals surface area contributed by atoms with Crippen LogP contribution in [0.5, 0.6) is 0 Å². The number of nitrogens with zero attached hydrogens (tertiary/aromatic N) is 1. The third-order valence-electron chi connectivity index (χ3n) is 3.40. The van der Waals surface area contributed by atoms with Crippen LogP contribution < -0.4 is 5.32 Å². The zero-order valence-corrected chi connectivity index (χ0v) is 13.0. The van der Waals surface area contributed by atoms with Crippen LogP contribution in [0.3, 0.4) is 0 Å². The van der Waals surface area contributed by atoms with E-state index >= 15 is 0 Å². The Bertz CT molecular complexity index is 581. The molecule has 0 fully saturated rings. The molecule has 2 nitrogen and oxygen atoms in total. The van der Waals surface area contributed by atoms with Gasteiger partial charge in [-0.3, -0.25) is 4.98 Å². The molecule has 0 aliphatic rings. The van der Waals surface area contributed by atoms with Crippen molar-refractivity contribution in [3.63, 3.8) is 0 Å². The Hall–Kier alpha value is -1.38. The van der Waals surface area contributed by atoms with Crippen molar-refractivity contribution in [2.75, 3.05) is 6.54 Å². The normalized spacial score (nSPS) is 12.4. The highest BCUT2D eigenvalue weighted by Gasteiger charge is 2.10. The van der Waals surface area contributed by atoms with Crippen LogP contribution in [0.1, 0.15) is 37.6 Å². The number of aromatic nitrogens is 1. The Kier molecular flexibility index (Phi) is 5.16. The van der Waals surface area contributed by atoms with Crippen molar-refractivity contribution in [2.24, 2.45) is 0 Å². The minimum absolute atomic E-state index is 0.274. The Labute approximate surface area is 126 Å². The number of rotatable bonds is 5. The van der Waals surface area contributed by atoms with Crippen molar-refractivity contribution in [1.29, 1.82) is 0 Å². The molecular weight excluding hydrogens is 268 g/mol. The average Bonchev–Trinajstić information content (AvgIpc) is 2.44. The highest BCUT2D eigenvalue weighted by molar-refractivity contribution is 6.31. The lowest BCUT2D eigenvalue weighted by Crippen LogP contribution is -2.19. The van der Waals surface area contributed by atoms with Gasteiger partial charge in [-0.15, -0.1) is 0 Å². The summed E-state index contributed by atoms with van der Waals surface area (Å²) < 4.78 is 0. The van der Waals surface area contributed by atoms with Gasteiger partial charge in [0, 0.05) is 23.0 Å². The molecule has 0 saturated carbocycles. The first-order valence-electron chi connectivity index (χ1n) is 7.07. The number of hydrogen-bond donors (Lipinski definition) is 1. The lowest BCUT2D eigenvalue weighted by atomic mass is 10.0. The predicted octanol–water partition coefficient (Wildman–Crippen LogP) is 4.77. The summed E-state index contributed by atoms with van der Waals surface area (Å²) >= 11 is 6.44. The molecule has 1 aromatic heterocycles. The van der Waals surface area contributed by atoms with Crippen LogP contribution >= 0.6 is 11.6 Å². The number of nitrogens with one attached hydrogen (secondary N) is 1. The summed E-state index contributed by atoms with van der Waals surface area (Å²) in [5.74, 6) is 0. The minimum Gasteiger partial charge on any atom is -0.310 e. The summed E-state index contributed by atoms with van der Waals surface area (Å²) in [6.07, 6.45) is 2.95. The second-order valence-electron chi connectivity index (χ2n) is 5.10. The molecule has 1 unspecified atom stereocenters. The van der Waals surface area contributed by atoms with Crippen LogP contribution in [-0.2, 0) is 0 Å². The maximum atomic E-state index is 6.44. The third kappa shape index (κ3) is 3.59. The van der Waals surface area contributed by atoms with E-state index in [0.717, 1.165) is 40.4 Å². The smallest absolute Gasteiger partial charge is 0.0459 e. The van der Waals surface area contributed by atoms with Gasteiger partial charge in [-0.25, -0.2) is 0 Å². The molecule has 1 atom stereocenters. The quantitative estimate of drug-likeness (QED) is 0.857. The average molecular weight is 289 g/mol. The molecule has 0 radical (unpaired) electrons. The highest BCUT2D eigenvalue weighted by atomic mass is 35.5. The standard InChI is InChI=1S/C17H21ClN2/c1-4-8-20-13(3)16-6-5-14(11-17(16)18)15-7-9-19-12(2)10-15/h5-7,9-11,13,20H,4,8H2,1-3H3. The first kappa shape index (κ1) is 15.0. The van der Waals surface area contributed by atoms with Gasteiger partial charge in [-0.1, -0.05) is 30.7 Å². The van der Waals surface area contributed by atoms with Crippen LogP contribution in [0.25, 0.3) is 11.1 Å². The lowest BCUT2D eigenvalue weighted by Gasteiger charge is -2.16. The predicted molar refractivity (Wildman–Crippen MR) is 86.1 cm³/mol. The maximum Gasteiger partial charge on any atom is 0.0459 e. The first-order chi connectivity index (χ1) is 9.61. The van der Waals surface area contributed by atoms with Gasteiger partial charge in [0.1, 0.15) is 0 Å². The second-order valence-corrected chi connectivity index (χ2v) is 5.51. The summed E-state index contributed by atoms with van der Waals surface area (Å²) in [4.78, 5) is 4.22. The number of pyridine rings is 1. The maximum absolute atomic E-state index is 6.44. The van der Waals surface area contributed by atoms with Crippen LogP contribution in [0.4, 0.5) is 0 Å². The zero-order valence-electron chi connectivity index (χ0n) is 12.3. The molecule has 1 heterocycles. The minimum atomic E-state index is 0.274. The molecule has 0 bridgehead atoms. The molecule has 0 saturated heterocycles. The van der Waals surface area contributed by atoms with Gasteiger partial charge in [0.15, 0.2) is 0 Å².